The maximum absolute atomic E-state index is 13.3. The van der Waals surface area contributed by atoms with Crippen LogP contribution in [0.15, 0.2) is 71.3 Å². The Hall–Kier alpha value is -2.41. The highest BCUT2D eigenvalue weighted by Crippen LogP contribution is 2.45. The summed E-state index contributed by atoms with van der Waals surface area (Å²) >= 11 is 0. The highest BCUT2D eigenvalue weighted by Gasteiger charge is 2.31. The lowest BCUT2D eigenvalue weighted by atomic mass is 9.69. The molecule has 3 aliphatic rings. The molecule has 0 fully saturated rings. The van der Waals surface area contributed by atoms with Gasteiger partial charge in [0.25, 0.3) is 0 Å². The fourth-order valence-corrected chi connectivity index (χ4v) is 4.97. The molecule has 130 valence electrons. The van der Waals surface area contributed by atoms with Crippen LogP contribution in [0.2, 0.25) is 0 Å². The number of fused-ring (bicyclic) bond motifs is 3. The van der Waals surface area contributed by atoms with Crippen LogP contribution in [0.5, 0.6) is 0 Å². The summed E-state index contributed by atoms with van der Waals surface area (Å²) in [6.45, 7) is 0. The minimum atomic E-state index is -0.150. The van der Waals surface area contributed by atoms with Crippen molar-refractivity contribution in [2.75, 3.05) is 0 Å². The van der Waals surface area contributed by atoms with Gasteiger partial charge in [-0.05, 0) is 94.9 Å². The van der Waals surface area contributed by atoms with E-state index in [1.54, 1.807) is 34.4 Å². The average Bonchev–Trinajstić information content (AvgIpc) is 2.70. The van der Waals surface area contributed by atoms with Gasteiger partial charge >= 0.3 is 0 Å². The van der Waals surface area contributed by atoms with Crippen molar-refractivity contribution in [3.63, 3.8) is 0 Å². The van der Waals surface area contributed by atoms with Crippen LogP contribution in [-0.4, -0.2) is 0 Å². The molecule has 1 atom stereocenters. The third-order valence-corrected chi connectivity index (χ3v) is 6.17. The van der Waals surface area contributed by atoms with Crippen LogP contribution in [-0.2, 0) is 6.42 Å². The van der Waals surface area contributed by atoms with Crippen molar-refractivity contribution >= 4 is 11.6 Å². The molecule has 0 radical (unpaired) electrons. The molecule has 0 saturated heterocycles. The molecular formula is C25H23F. The van der Waals surface area contributed by atoms with Crippen molar-refractivity contribution in [2.45, 2.75) is 38.5 Å². The Morgan fingerprint density at radius 1 is 0.885 bits per heavy atom. The second-order valence-electron chi connectivity index (χ2n) is 7.71. The largest absolute Gasteiger partial charge is 0.207 e. The molecule has 0 saturated carbocycles. The fourth-order valence-electron chi connectivity index (χ4n) is 4.97. The molecule has 0 spiro atoms. The van der Waals surface area contributed by atoms with Gasteiger partial charge in [-0.1, -0.05) is 48.6 Å². The van der Waals surface area contributed by atoms with Gasteiger partial charge in [-0.25, -0.2) is 4.39 Å². The molecule has 0 bridgehead atoms. The Balaban J connectivity index is 1.63. The molecule has 0 heterocycles. The van der Waals surface area contributed by atoms with Crippen molar-refractivity contribution in [1.82, 2.24) is 0 Å². The quantitative estimate of drug-likeness (QED) is 0.733. The van der Waals surface area contributed by atoms with Crippen LogP contribution in [0.1, 0.15) is 37.7 Å². The van der Waals surface area contributed by atoms with Crippen LogP contribution < -0.4 is 10.4 Å². The molecule has 1 heteroatoms. The number of hydrogen-bond acceptors (Lipinski definition) is 0. The minimum Gasteiger partial charge on any atom is -0.207 e. The summed E-state index contributed by atoms with van der Waals surface area (Å²) < 4.78 is 13.3. The summed E-state index contributed by atoms with van der Waals surface area (Å²) in [6, 6.07) is 15.9. The molecule has 26 heavy (non-hydrogen) atoms. The summed E-state index contributed by atoms with van der Waals surface area (Å²) in [5.41, 5.74) is 7.57. The Bertz CT molecular complexity index is 1030. The lowest BCUT2D eigenvalue weighted by Gasteiger charge is -2.36. The molecule has 2 aromatic carbocycles. The zero-order valence-corrected chi connectivity index (χ0v) is 15.0. The van der Waals surface area contributed by atoms with Crippen LogP contribution in [0.4, 0.5) is 4.39 Å². The zero-order valence-electron chi connectivity index (χ0n) is 15.0. The maximum Gasteiger partial charge on any atom is 0.123 e. The molecule has 0 aliphatic heterocycles. The molecule has 0 aromatic heterocycles. The van der Waals surface area contributed by atoms with Crippen molar-refractivity contribution in [2.24, 2.45) is 5.92 Å². The molecule has 1 unspecified atom stereocenters. The van der Waals surface area contributed by atoms with Crippen molar-refractivity contribution < 1.29 is 4.39 Å². The van der Waals surface area contributed by atoms with Crippen molar-refractivity contribution in [3.05, 3.63) is 93.1 Å². The lowest BCUT2D eigenvalue weighted by Crippen LogP contribution is -2.33. The SMILES string of the molecule is Fc1ccc(CC2CC3=c4ccccc4=CCC3=C3CCCC=C32)cc1. The number of rotatable bonds is 2. The molecular weight excluding hydrogens is 319 g/mol. The number of hydrogen-bond donors (Lipinski definition) is 0. The first-order valence-corrected chi connectivity index (χ1v) is 9.75. The van der Waals surface area contributed by atoms with Gasteiger partial charge in [-0.2, -0.15) is 0 Å². The summed E-state index contributed by atoms with van der Waals surface area (Å²) in [7, 11) is 0. The highest BCUT2D eigenvalue weighted by atomic mass is 19.1. The van der Waals surface area contributed by atoms with E-state index in [4.69, 9.17) is 0 Å². The molecule has 2 aromatic rings. The average molecular weight is 342 g/mol. The summed E-state index contributed by atoms with van der Waals surface area (Å²) in [5.74, 6) is 0.365. The van der Waals surface area contributed by atoms with E-state index in [1.807, 2.05) is 12.1 Å². The van der Waals surface area contributed by atoms with Crippen LogP contribution in [0.25, 0.3) is 11.6 Å². The van der Waals surface area contributed by atoms with Gasteiger partial charge in [0, 0.05) is 0 Å². The smallest absolute Gasteiger partial charge is 0.123 e. The van der Waals surface area contributed by atoms with Gasteiger partial charge in [0.2, 0.25) is 0 Å². The second-order valence-corrected chi connectivity index (χ2v) is 7.71. The van der Waals surface area contributed by atoms with E-state index >= 15 is 0 Å². The Morgan fingerprint density at radius 2 is 1.73 bits per heavy atom. The Kier molecular flexibility index (Phi) is 3.89. The molecule has 3 aliphatic carbocycles. The standard InChI is InChI=1S/C25H23F/c26-20-12-9-17(10-13-20)15-19-16-25-21-6-2-1-5-18(21)11-14-24(25)23-8-4-3-7-22(19)23/h1-2,5-7,9-13,19H,3-4,8,14-16H2. The van der Waals surface area contributed by atoms with Gasteiger partial charge in [0.15, 0.2) is 0 Å². The van der Waals surface area contributed by atoms with Gasteiger partial charge < -0.3 is 0 Å². The third kappa shape index (κ3) is 2.67. The Morgan fingerprint density at radius 3 is 2.62 bits per heavy atom. The van der Waals surface area contributed by atoms with E-state index in [9.17, 15) is 4.39 Å². The Labute approximate surface area is 154 Å². The number of halogens is 1. The first-order chi connectivity index (χ1) is 12.8. The normalized spacial score (nSPS) is 21.3. The van der Waals surface area contributed by atoms with E-state index < -0.39 is 0 Å². The lowest BCUT2D eigenvalue weighted by molar-refractivity contribution is 0.585. The van der Waals surface area contributed by atoms with E-state index in [0.29, 0.717) is 5.92 Å². The zero-order chi connectivity index (χ0) is 17.5. The highest BCUT2D eigenvalue weighted by molar-refractivity contribution is 5.75. The number of benzene rings is 2. The van der Waals surface area contributed by atoms with E-state index in [1.165, 1.54) is 35.3 Å². The van der Waals surface area contributed by atoms with Crippen LogP contribution in [0.3, 0.4) is 0 Å². The monoisotopic (exact) mass is 342 g/mol. The maximum atomic E-state index is 13.3. The first-order valence-electron chi connectivity index (χ1n) is 9.75. The predicted octanol–water partition coefficient (Wildman–Crippen LogP) is 4.83. The summed E-state index contributed by atoms with van der Waals surface area (Å²) in [5, 5.41) is 2.81. The minimum absolute atomic E-state index is 0.150. The molecule has 0 nitrogen and oxygen atoms in total. The predicted molar refractivity (Wildman–Crippen MR) is 105 cm³/mol. The van der Waals surface area contributed by atoms with E-state index in [0.717, 1.165) is 19.3 Å². The van der Waals surface area contributed by atoms with Gasteiger partial charge in [0.05, 0.1) is 0 Å². The number of allylic oxidation sites excluding steroid dienone is 4. The van der Waals surface area contributed by atoms with Crippen LogP contribution >= 0.6 is 0 Å². The summed E-state index contributed by atoms with van der Waals surface area (Å²) in [6.07, 6.45) is 11.7. The molecule has 5 rings (SSSR count). The fraction of sp³-hybridized carbons (Fsp3) is 0.280. The van der Waals surface area contributed by atoms with Gasteiger partial charge in [0.1, 0.15) is 5.82 Å². The third-order valence-electron chi connectivity index (χ3n) is 6.17. The topological polar surface area (TPSA) is 0 Å². The molecule has 0 amide bonds. The van der Waals surface area contributed by atoms with Crippen LogP contribution in [0, 0.1) is 11.7 Å². The van der Waals surface area contributed by atoms with Gasteiger partial charge in [-0.15, -0.1) is 0 Å². The first kappa shape index (κ1) is 15.8. The second kappa shape index (κ2) is 6.39. The van der Waals surface area contributed by atoms with Gasteiger partial charge in [-0.3, -0.25) is 0 Å². The van der Waals surface area contributed by atoms with E-state index in [2.05, 4.69) is 36.4 Å². The van der Waals surface area contributed by atoms with E-state index in [-0.39, 0.29) is 5.82 Å². The molecule has 0 N–H and O–H groups in total. The van der Waals surface area contributed by atoms with Crippen molar-refractivity contribution in [1.29, 1.82) is 0 Å². The summed E-state index contributed by atoms with van der Waals surface area (Å²) in [4.78, 5) is 0. The van der Waals surface area contributed by atoms with Crippen molar-refractivity contribution in [3.8, 4) is 0 Å².